The van der Waals surface area contributed by atoms with Crippen molar-refractivity contribution < 1.29 is 9.53 Å². The zero-order chi connectivity index (χ0) is 11.4. The van der Waals surface area contributed by atoms with Gasteiger partial charge in [-0.15, -0.1) is 0 Å². The van der Waals surface area contributed by atoms with E-state index < -0.39 is 0 Å². The average molecular weight is 213 g/mol. The molecule has 0 radical (unpaired) electrons. The predicted octanol–water partition coefficient (Wildman–Crippen LogP) is 2.06. The van der Waals surface area contributed by atoms with E-state index in [0.717, 1.165) is 13.0 Å². The number of methoxy groups -OCH3 is 1. The highest BCUT2D eigenvalue weighted by molar-refractivity contribution is 5.72. The highest BCUT2D eigenvalue weighted by Gasteiger charge is 2.35. The van der Waals surface area contributed by atoms with E-state index in [1.807, 2.05) is 6.92 Å². The Morgan fingerprint density at radius 1 is 1.47 bits per heavy atom. The molecule has 0 aliphatic heterocycles. The van der Waals surface area contributed by atoms with Crippen LogP contribution in [0.3, 0.4) is 0 Å². The van der Waals surface area contributed by atoms with Gasteiger partial charge >= 0.3 is 5.97 Å². The summed E-state index contributed by atoms with van der Waals surface area (Å²) in [6.07, 6.45) is 3.73. The maximum absolute atomic E-state index is 11.5. The average Bonchev–Trinajstić information content (AvgIpc) is 3.06. The van der Waals surface area contributed by atoms with E-state index in [0.29, 0.717) is 12.1 Å². The molecule has 0 bridgehead atoms. The quantitative estimate of drug-likeness (QED) is 0.632. The third kappa shape index (κ3) is 3.20. The lowest BCUT2D eigenvalue weighted by Gasteiger charge is -2.31. The van der Waals surface area contributed by atoms with Crippen molar-refractivity contribution in [3.8, 4) is 0 Å². The lowest BCUT2D eigenvalue weighted by molar-refractivity contribution is -0.147. The van der Waals surface area contributed by atoms with Crippen LogP contribution in [-0.2, 0) is 9.53 Å². The van der Waals surface area contributed by atoms with Gasteiger partial charge in [-0.1, -0.05) is 13.8 Å². The van der Waals surface area contributed by atoms with Crippen LogP contribution >= 0.6 is 0 Å². The van der Waals surface area contributed by atoms with Crippen molar-refractivity contribution in [2.45, 2.75) is 52.1 Å². The first-order chi connectivity index (χ1) is 7.11. The van der Waals surface area contributed by atoms with E-state index in [9.17, 15) is 4.79 Å². The highest BCUT2D eigenvalue weighted by atomic mass is 16.5. The predicted molar refractivity (Wildman–Crippen MR) is 60.7 cm³/mol. The molecule has 1 aliphatic carbocycles. The topological polar surface area (TPSA) is 29.5 Å². The van der Waals surface area contributed by atoms with Crippen molar-refractivity contribution in [3.05, 3.63) is 0 Å². The Kier molecular flexibility index (Phi) is 4.58. The first-order valence-corrected chi connectivity index (χ1v) is 5.95. The second-order valence-corrected chi connectivity index (χ2v) is 4.52. The molecule has 1 saturated carbocycles. The number of carbonyl (C=O) groups is 1. The minimum absolute atomic E-state index is 0.0258. The van der Waals surface area contributed by atoms with Crippen LogP contribution in [0.4, 0.5) is 0 Å². The SMILES string of the molecule is CCCN(C1CC1)C(C)C(C)C(=O)OC. The number of hydrogen-bond acceptors (Lipinski definition) is 3. The maximum atomic E-state index is 11.5. The zero-order valence-corrected chi connectivity index (χ0v) is 10.3. The van der Waals surface area contributed by atoms with Crippen LogP contribution in [0.5, 0.6) is 0 Å². The Balaban J connectivity index is 2.53. The van der Waals surface area contributed by atoms with Crippen LogP contribution < -0.4 is 0 Å². The molecule has 0 saturated heterocycles. The standard InChI is InChI=1S/C12H23NO2/c1-5-8-13(11-6-7-11)10(3)9(2)12(14)15-4/h9-11H,5-8H2,1-4H3. The van der Waals surface area contributed by atoms with Crippen LogP contribution in [0.15, 0.2) is 0 Å². The summed E-state index contributed by atoms with van der Waals surface area (Å²) in [6.45, 7) is 7.37. The first kappa shape index (κ1) is 12.5. The molecule has 3 nitrogen and oxygen atoms in total. The van der Waals surface area contributed by atoms with Gasteiger partial charge in [-0.3, -0.25) is 9.69 Å². The summed E-state index contributed by atoms with van der Waals surface area (Å²) in [6, 6.07) is 1.01. The minimum atomic E-state index is -0.0933. The molecule has 0 heterocycles. The number of esters is 1. The lowest BCUT2D eigenvalue weighted by Crippen LogP contribution is -2.42. The van der Waals surface area contributed by atoms with Crippen molar-refractivity contribution in [1.29, 1.82) is 0 Å². The molecule has 0 N–H and O–H groups in total. The monoisotopic (exact) mass is 213 g/mol. The van der Waals surface area contributed by atoms with Crippen molar-refractivity contribution in [2.75, 3.05) is 13.7 Å². The summed E-state index contributed by atoms with van der Waals surface area (Å²) in [7, 11) is 1.47. The van der Waals surface area contributed by atoms with Gasteiger partial charge in [-0.2, -0.15) is 0 Å². The smallest absolute Gasteiger partial charge is 0.309 e. The molecule has 0 aromatic heterocycles. The minimum Gasteiger partial charge on any atom is -0.469 e. The molecule has 1 fully saturated rings. The van der Waals surface area contributed by atoms with Gasteiger partial charge in [0.15, 0.2) is 0 Å². The second-order valence-electron chi connectivity index (χ2n) is 4.52. The number of nitrogens with zero attached hydrogens (tertiary/aromatic N) is 1. The van der Waals surface area contributed by atoms with Gasteiger partial charge in [-0.05, 0) is 32.7 Å². The Morgan fingerprint density at radius 2 is 2.07 bits per heavy atom. The molecular weight excluding hydrogens is 190 g/mol. The van der Waals surface area contributed by atoms with Gasteiger partial charge in [0.2, 0.25) is 0 Å². The van der Waals surface area contributed by atoms with Gasteiger partial charge in [0.25, 0.3) is 0 Å². The molecule has 1 aliphatic rings. The number of hydrogen-bond donors (Lipinski definition) is 0. The molecule has 0 aromatic carbocycles. The molecule has 2 atom stereocenters. The third-order valence-electron chi connectivity index (χ3n) is 3.32. The van der Waals surface area contributed by atoms with Crippen LogP contribution in [0, 0.1) is 5.92 Å². The van der Waals surface area contributed by atoms with E-state index >= 15 is 0 Å². The summed E-state index contributed by atoms with van der Waals surface area (Å²) < 4.78 is 4.80. The maximum Gasteiger partial charge on any atom is 0.309 e. The molecule has 15 heavy (non-hydrogen) atoms. The van der Waals surface area contributed by atoms with Crippen LogP contribution in [0.1, 0.15) is 40.0 Å². The molecule has 88 valence electrons. The van der Waals surface area contributed by atoms with E-state index in [4.69, 9.17) is 4.74 Å². The Hall–Kier alpha value is -0.570. The van der Waals surface area contributed by atoms with E-state index in [1.54, 1.807) is 0 Å². The Morgan fingerprint density at radius 3 is 2.47 bits per heavy atom. The van der Waals surface area contributed by atoms with E-state index in [1.165, 1.54) is 20.0 Å². The summed E-state index contributed by atoms with van der Waals surface area (Å²) >= 11 is 0. The fourth-order valence-corrected chi connectivity index (χ4v) is 2.05. The zero-order valence-electron chi connectivity index (χ0n) is 10.3. The number of ether oxygens (including phenoxy) is 1. The van der Waals surface area contributed by atoms with Crippen molar-refractivity contribution >= 4 is 5.97 Å². The second kappa shape index (κ2) is 5.50. The van der Waals surface area contributed by atoms with Gasteiger partial charge < -0.3 is 4.74 Å². The van der Waals surface area contributed by atoms with Crippen molar-refractivity contribution in [3.63, 3.8) is 0 Å². The molecule has 2 unspecified atom stereocenters. The van der Waals surface area contributed by atoms with E-state index in [-0.39, 0.29) is 11.9 Å². The largest absolute Gasteiger partial charge is 0.469 e. The highest BCUT2D eigenvalue weighted by Crippen LogP contribution is 2.30. The lowest BCUT2D eigenvalue weighted by atomic mass is 10.0. The summed E-state index contributed by atoms with van der Waals surface area (Å²) in [5, 5.41) is 0. The number of carbonyl (C=O) groups excluding carboxylic acids is 1. The van der Waals surface area contributed by atoms with Gasteiger partial charge in [-0.25, -0.2) is 0 Å². The summed E-state index contributed by atoms with van der Waals surface area (Å²) in [5.74, 6) is -0.119. The van der Waals surface area contributed by atoms with E-state index in [2.05, 4.69) is 18.7 Å². The summed E-state index contributed by atoms with van der Waals surface area (Å²) in [5.41, 5.74) is 0. The van der Waals surface area contributed by atoms with Gasteiger partial charge in [0, 0.05) is 12.1 Å². The third-order valence-corrected chi connectivity index (χ3v) is 3.32. The van der Waals surface area contributed by atoms with Crippen LogP contribution in [0.25, 0.3) is 0 Å². The Labute approximate surface area is 92.8 Å². The van der Waals surface area contributed by atoms with Gasteiger partial charge in [0.05, 0.1) is 13.0 Å². The Bertz CT molecular complexity index is 214. The molecule has 0 spiro atoms. The molecule has 0 amide bonds. The van der Waals surface area contributed by atoms with Gasteiger partial charge in [0.1, 0.15) is 0 Å². The fraction of sp³-hybridized carbons (Fsp3) is 0.917. The molecule has 3 heteroatoms. The summed E-state index contributed by atoms with van der Waals surface area (Å²) in [4.78, 5) is 13.9. The fourth-order valence-electron chi connectivity index (χ4n) is 2.05. The number of rotatable bonds is 6. The normalized spacial score (nSPS) is 20.1. The van der Waals surface area contributed by atoms with Crippen LogP contribution in [0.2, 0.25) is 0 Å². The molecular formula is C12H23NO2. The first-order valence-electron chi connectivity index (χ1n) is 5.95. The van der Waals surface area contributed by atoms with Crippen molar-refractivity contribution in [2.24, 2.45) is 5.92 Å². The van der Waals surface area contributed by atoms with Crippen LogP contribution in [-0.4, -0.2) is 36.6 Å². The molecule has 0 aromatic rings. The molecule has 1 rings (SSSR count). The van der Waals surface area contributed by atoms with Crippen molar-refractivity contribution in [1.82, 2.24) is 4.90 Å².